The van der Waals surface area contributed by atoms with Gasteiger partial charge in [-0.1, -0.05) is 55.8 Å². The summed E-state index contributed by atoms with van der Waals surface area (Å²) in [6.45, 7) is 2.72. The van der Waals surface area contributed by atoms with Crippen LogP contribution >= 0.6 is 27.7 Å². The van der Waals surface area contributed by atoms with Crippen LogP contribution in [0.15, 0.2) is 68.9 Å². The molecule has 2 aliphatic heterocycles. The van der Waals surface area contributed by atoms with Crippen LogP contribution in [-0.2, 0) is 5.75 Å². The van der Waals surface area contributed by atoms with Crippen LogP contribution in [0.3, 0.4) is 0 Å². The van der Waals surface area contributed by atoms with Crippen molar-refractivity contribution >= 4 is 33.6 Å². The van der Waals surface area contributed by atoms with Gasteiger partial charge in [-0.2, -0.15) is 13.2 Å². The minimum atomic E-state index is -4.67. The molecule has 39 heavy (non-hydrogen) atoms. The molecule has 2 aliphatic rings. The van der Waals surface area contributed by atoms with Crippen LogP contribution in [0.2, 0.25) is 0 Å². The number of benzene rings is 2. The standard InChI is InChI=1S/C28H27BrF3N3O3S/c1-3-4-13-38-26-24-27(37)33(17(2)28(30,31)32)16-35(34(24)14-21(29)25(26)36)23-19-10-6-5-9-18(19)15-39-22-12-8-7-11-20(22)23/h5-12,14,17,23H,3-4,13,15-16H2,1-2H3/t17-,23+/m1/s1. The lowest BCUT2D eigenvalue weighted by Gasteiger charge is -2.46. The van der Waals surface area contributed by atoms with E-state index in [2.05, 4.69) is 15.9 Å². The van der Waals surface area contributed by atoms with Crippen molar-refractivity contribution in [3.63, 3.8) is 0 Å². The third-order valence-electron chi connectivity index (χ3n) is 7.07. The van der Waals surface area contributed by atoms with Crippen LogP contribution in [0.5, 0.6) is 5.75 Å². The minimum Gasteiger partial charge on any atom is -0.487 e. The SMILES string of the molecule is CCCCOc1c2n(cc(Br)c1=O)N([C@H]1c3ccccc3CSc3ccccc31)CN([C@H](C)C(F)(F)F)C2=O. The van der Waals surface area contributed by atoms with Gasteiger partial charge in [-0.3, -0.25) is 19.3 Å². The third kappa shape index (κ3) is 5.06. The predicted octanol–water partition coefficient (Wildman–Crippen LogP) is 6.49. The predicted molar refractivity (Wildman–Crippen MR) is 148 cm³/mol. The highest BCUT2D eigenvalue weighted by Crippen LogP contribution is 2.43. The van der Waals surface area contributed by atoms with Crippen molar-refractivity contribution in [3.8, 4) is 5.75 Å². The van der Waals surface area contributed by atoms with Crippen LogP contribution in [-0.4, -0.2) is 41.0 Å². The molecule has 2 aromatic carbocycles. The van der Waals surface area contributed by atoms with E-state index in [1.54, 1.807) is 16.8 Å². The first-order valence-corrected chi connectivity index (χ1v) is 14.4. The van der Waals surface area contributed by atoms with Gasteiger partial charge in [0, 0.05) is 16.8 Å². The quantitative estimate of drug-likeness (QED) is 0.295. The number of ether oxygens (including phenoxy) is 1. The Morgan fingerprint density at radius 1 is 1.10 bits per heavy atom. The molecule has 0 unspecified atom stereocenters. The average Bonchev–Trinajstić information content (AvgIpc) is 3.07. The molecule has 0 radical (unpaired) electrons. The minimum absolute atomic E-state index is 0.150. The van der Waals surface area contributed by atoms with Crippen molar-refractivity contribution in [2.45, 2.75) is 55.6 Å². The fraction of sp³-hybridized carbons (Fsp3) is 0.357. The Morgan fingerprint density at radius 2 is 1.79 bits per heavy atom. The van der Waals surface area contributed by atoms with E-state index in [1.165, 1.54) is 10.9 Å². The van der Waals surface area contributed by atoms with E-state index >= 15 is 0 Å². The smallest absolute Gasteiger partial charge is 0.408 e. The number of halogens is 4. The van der Waals surface area contributed by atoms with Gasteiger partial charge in [-0.25, -0.2) is 0 Å². The van der Waals surface area contributed by atoms with Gasteiger partial charge in [0.2, 0.25) is 5.43 Å². The maximum absolute atomic E-state index is 14.1. The maximum atomic E-state index is 14.1. The summed E-state index contributed by atoms with van der Waals surface area (Å²) < 4.78 is 49.7. The van der Waals surface area contributed by atoms with E-state index in [-0.39, 0.29) is 29.2 Å². The molecule has 0 N–H and O–H groups in total. The van der Waals surface area contributed by atoms with Crippen LogP contribution in [0.4, 0.5) is 13.2 Å². The maximum Gasteiger partial charge on any atom is 0.408 e. The summed E-state index contributed by atoms with van der Waals surface area (Å²) in [5.41, 5.74) is 2.06. The number of hydrogen-bond donors (Lipinski definition) is 0. The lowest BCUT2D eigenvalue weighted by Crippen LogP contribution is -2.60. The van der Waals surface area contributed by atoms with E-state index in [4.69, 9.17) is 4.74 Å². The highest BCUT2D eigenvalue weighted by atomic mass is 79.9. The van der Waals surface area contributed by atoms with Gasteiger partial charge < -0.3 is 9.64 Å². The number of carbonyl (C=O) groups excluding carboxylic acids is 1. The van der Waals surface area contributed by atoms with Crippen LogP contribution < -0.4 is 15.2 Å². The summed E-state index contributed by atoms with van der Waals surface area (Å²) in [6.07, 6.45) is -1.81. The molecule has 3 aromatic rings. The Balaban J connectivity index is 1.78. The van der Waals surface area contributed by atoms with E-state index in [0.29, 0.717) is 12.2 Å². The van der Waals surface area contributed by atoms with Crippen molar-refractivity contribution in [1.29, 1.82) is 0 Å². The number of fused-ring (bicyclic) bond motifs is 3. The largest absolute Gasteiger partial charge is 0.487 e. The number of nitrogens with zero attached hydrogens (tertiary/aromatic N) is 3. The zero-order valence-electron chi connectivity index (χ0n) is 21.4. The number of pyridine rings is 1. The van der Waals surface area contributed by atoms with E-state index in [1.807, 2.05) is 55.5 Å². The number of alkyl halides is 3. The second-order valence-electron chi connectivity index (χ2n) is 9.53. The molecule has 11 heteroatoms. The van der Waals surface area contributed by atoms with Gasteiger partial charge >= 0.3 is 6.18 Å². The molecule has 0 bridgehead atoms. The summed E-state index contributed by atoms with van der Waals surface area (Å²) in [5, 5.41) is 1.72. The molecule has 0 fully saturated rings. The van der Waals surface area contributed by atoms with Crippen molar-refractivity contribution in [3.05, 3.63) is 91.8 Å². The summed E-state index contributed by atoms with van der Waals surface area (Å²) in [5.74, 6) is -0.473. The summed E-state index contributed by atoms with van der Waals surface area (Å²) in [6, 6.07) is 13.0. The molecular weight excluding hydrogens is 595 g/mol. The first kappa shape index (κ1) is 27.6. The molecule has 1 amide bonds. The molecule has 206 valence electrons. The second-order valence-corrected chi connectivity index (χ2v) is 11.4. The van der Waals surface area contributed by atoms with Gasteiger partial charge in [0.25, 0.3) is 5.91 Å². The molecule has 6 nitrogen and oxygen atoms in total. The molecule has 3 heterocycles. The zero-order chi connectivity index (χ0) is 27.9. The molecule has 1 aromatic heterocycles. The molecule has 0 aliphatic carbocycles. The second kappa shape index (κ2) is 10.9. The molecule has 5 rings (SSSR count). The van der Waals surface area contributed by atoms with E-state index < -0.39 is 29.6 Å². The molecule has 2 atom stereocenters. The zero-order valence-corrected chi connectivity index (χ0v) is 23.8. The van der Waals surface area contributed by atoms with E-state index in [9.17, 15) is 22.8 Å². The van der Waals surface area contributed by atoms with Crippen LogP contribution in [0, 0.1) is 0 Å². The molecule has 0 saturated heterocycles. The summed E-state index contributed by atoms with van der Waals surface area (Å²) in [4.78, 5) is 28.7. The van der Waals surface area contributed by atoms with Crippen LogP contribution in [0.1, 0.15) is 59.9 Å². The molecule has 0 spiro atoms. The lowest BCUT2D eigenvalue weighted by atomic mass is 9.94. The fourth-order valence-electron chi connectivity index (χ4n) is 4.92. The Bertz CT molecular complexity index is 1410. The Morgan fingerprint density at radius 3 is 2.51 bits per heavy atom. The normalized spacial score (nSPS) is 17.7. The van der Waals surface area contributed by atoms with Gasteiger partial charge in [0.1, 0.15) is 12.7 Å². The molecular formula is C28H27BrF3N3O3S. The topological polar surface area (TPSA) is 54.8 Å². The first-order chi connectivity index (χ1) is 18.6. The van der Waals surface area contributed by atoms with Crippen LogP contribution in [0.25, 0.3) is 0 Å². The van der Waals surface area contributed by atoms with Gasteiger partial charge in [0.05, 0.1) is 17.1 Å². The van der Waals surface area contributed by atoms with Gasteiger partial charge in [0.15, 0.2) is 11.4 Å². The van der Waals surface area contributed by atoms with Gasteiger partial charge in [-0.05, 0) is 52.0 Å². The third-order valence-corrected chi connectivity index (χ3v) is 8.77. The number of thioether (sulfide) groups is 1. The van der Waals surface area contributed by atoms with Crippen molar-refractivity contribution in [2.24, 2.45) is 0 Å². The number of unbranched alkanes of at least 4 members (excludes halogenated alkanes) is 1. The Labute approximate surface area is 236 Å². The number of carbonyl (C=O) groups is 1. The van der Waals surface area contributed by atoms with E-state index in [0.717, 1.165) is 39.8 Å². The molecule has 0 saturated carbocycles. The Kier molecular flexibility index (Phi) is 7.74. The highest BCUT2D eigenvalue weighted by Gasteiger charge is 2.48. The summed E-state index contributed by atoms with van der Waals surface area (Å²) >= 11 is 4.97. The fourth-order valence-corrected chi connectivity index (χ4v) is 6.39. The highest BCUT2D eigenvalue weighted by molar-refractivity contribution is 9.10. The summed E-state index contributed by atoms with van der Waals surface area (Å²) in [7, 11) is 0. The number of amides is 1. The first-order valence-electron chi connectivity index (χ1n) is 12.7. The van der Waals surface area contributed by atoms with Gasteiger partial charge in [-0.15, -0.1) is 11.8 Å². The lowest BCUT2D eigenvalue weighted by molar-refractivity contribution is -0.173. The van der Waals surface area contributed by atoms with Crippen molar-refractivity contribution in [1.82, 2.24) is 9.58 Å². The van der Waals surface area contributed by atoms with Crippen molar-refractivity contribution < 1.29 is 22.7 Å². The Hall–Kier alpha value is -2.92. The van der Waals surface area contributed by atoms with Crippen molar-refractivity contribution in [2.75, 3.05) is 18.3 Å². The number of hydrogen-bond acceptors (Lipinski definition) is 5. The average molecular weight is 623 g/mol. The number of rotatable bonds is 6. The number of aromatic nitrogens is 1. The monoisotopic (exact) mass is 621 g/mol.